The molecule has 0 unspecified atom stereocenters. The van der Waals surface area contributed by atoms with Crippen LogP contribution < -0.4 is 15.8 Å². The fourth-order valence-corrected chi connectivity index (χ4v) is 4.03. The zero-order valence-electron chi connectivity index (χ0n) is 14.4. The minimum atomic E-state index is -0.125. The summed E-state index contributed by atoms with van der Waals surface area (Å²) in [7, 11) is 1.64. The van der Waals surface area contributed by atoms with Crippen molar-refractivity contribution < 1.29 is 4.79 Å². The second kappa shape index (κ2) is 6.87. The summed E-state index contributed by atoms with van der Waals surface area (Å²) < 4.78 is 2.33. The van der Waals surface area contributed by atoms with Crippen molar-refractivity contribution in [3.63, 3.8) is 0 Å². The molecule has 134 valence electrons. The van der Waals surface area contributed by atoms with Gasteiger partial charge in [0.2, 0.25) is 0 Å². The fourth-order valence-electron chi connectivity index (χ4n) is 3.15. The minimum Gasteiger partial charge on any atom is -0.370 e. The van der Waals surface area contributed by atoms with Gasteiger partial charge in [0.25, 0.3) is 11.5 Å². The van der Waals surface area contributed by atoms with E-state index in [1.54, 1.807) is 19.3 Å². The first-order chi connectivity index (χ1) is 12.6. The Morgan fingerprint density at radius 2 is 2.23 bits per heavy atom. The Labute approximate surface area is 154 Å². The Hall–Kier alpha value is -2.74. The molecule has 3 heterocycles. The highest BCUT2D eigenvalue weighted by atomic mass is 32.1. The van der Waals surface area contributed by atoms with Crippen molar-refractivity contribution in [2.75, 3.05) is 24.5 Å². The number of anilines is 1. The van der Waals surface area contributed by atoms with Gasteiger partial charge in [-0.1, -0.05) is 12.1 Å². The van der Waals surface area contributed by atoms with Crippen molar-refractivity contribution in [2.45, 2.75) is 6.42 Å². The van der Waals surface area contributed by atoms with Gasteiger partial charge in [-0.3, -0.25) is 9.59 Å². The third kappa shape index (κ3) is 3.32. The van der Waals surface area contributed by atoms with Gasteiger partial charge >= 0.3 is 0 Å². The Bertz CT molecular complexity index is 979. The van der Waals surface area contributed by atoms with Crippen molar-refractivity contribution in [2.24, 2.45) is 13.0 Å². The van der Waals surface area contributed by atoms with Gasteiger partial charge in [-0.15, -0.1) is 11.3 Å². The molecule has 1 saturated heterocycles. The van der Waals surface area contributed by atoms with Crippen LogP contribution in [-0.2, 0) is 7.05 Å². The monoisotopic (exact) mass is 369 g/mol. The van der Waals surface area contributed by atoms with Gasteiger partial charge < -0.3 is 10.2 Å². The molecule has 7 nitrogen and oxygen atoms in total. The maximum atomic E-state index is 12.4. The predicted octanol–water partition coefficient (Wildman–Crippen LogP) is 1.65. The standard InChI is InChI=1S/C18H19N5O2S/c1-22-16(24)8-13(10-20-22)23-7-6-12(11-23)9-19-17(25)18-21-14-4-2-3-5-15(14)26-18/h2-5,8,10,12H,6-7,9,11H2,1H3,(H,19,25)/t12-/m0/s1. The number of aryl methyl sites for hydroxylation is 1. The van der Waals surface area contributed by atoms with Crippen LogP contribution in [0.2, 0.25) is 0 Å². The van der Waals surface area contributed by atoms with Crippen LogP contribution in [0.3, 0.4) is 0 Å². The second-order valence-electron chi connectivity index (χ2n) is 6.47. The summed E-state index contributed by atoms with van der Waals surface area (Å²) in [4.78, 5) is 30.6. The topological polar surface area (TPSA) is 80.1 Å². The van der Waals surface area contributed by atoms with Crippen molar-refractivity contribution in [1.29, 1.82) is 0 Å². The molecule has 1 aromatic carbocycles. The van der Waals surface area contributed by atoms with Crippen molar-refractivity contribution in [3.05, 3.63) is 51.9 Å². The number of nitrogens with one attached hydrogen (secondary N) is 1. The van der Waals surface area contributed by atoms with E-state index in [4.69, 9.17) is 0 Å². The van der Waals surface area contributed by atoms with Crippen LogP contribution in [0.1, 0.15) is 16.2 Å². The quantitative estimate of drug-likeness (QED) is 0.756. The first-order valence-electron chi connectivity index (χ1n) is 8.52. The molecule has 3 aromatic rings. The number of hydrogen-bond acceptors (Lipinski definition) is 6. The fraction of sp³-hybridized carbons (Fsp3) is 0.333. The first-order valence-corrected chi connectivity index (χ1v) is 9.34. The molecule has 8 heteroatoms. The Morgan fingerprint density at radius 3 is 3.04 bits per heavy atom. The number of thiazole rings is 1. The molecule has 1 amide bonds. The Morgan fingerprint density at radius 1 is 1.38 bits per heavy atom. The van der Waals surface area contributed by atoms with Crippen LogP contribution in [0.15, 0.2) is 41.3 Å². The number of fused-ring (bicyclic) bond motifs is 1. The van der Waals surface area contributed by atoms with E-state index in [0.717, 1.165) is 35.4 Å². The van der Waals surface area contributed by atoms with Crippen molar-refractivity contribution in [3.8, 4) is 0 Å². The van der Waals surface area contributed by atoms with E-state index < -0.39 is 0 Å². The summed E-state index contributed by atoms with van der Waals surface area (Å²) in [6.07, 6.45) is 2.68. The highest BCUT2D eigenvalue weighted by Gasteiger charge is 2.24. The average molecular weight is 369 g/mol. The van der Waals surface area contributed by atoms with Crippen LogP contribution in [-0.4, -0.2) is 40.3 Å². The Kier molecular flexibility index (Phi) is 4.42. The molecule has 0 radical (unpaired) electrons. The number of para-hydroxylation sites is 1. The maximum absolute atomic E-state index is 12.4. The van der Waals surface area contributed by atoms with E-state index in [1.807, 2.05) is 24.3 Å². The van der Waals surface area contributed by atoms with Crippen molar-refractivity contribution in [1.82, 2.24) is 20.1 Å². The van der Waals surface area contributed by atoms with E-state index >= 15 is 0 Å². The molecule has 1 atom stereocenters. The summed E-state index contributed by atoms with van der Waals surface area (Å²) in [6.45, 7) is 2.26. The number of rotatable bonds is 4. The lowest BCUT2D eigenvalue weighted by atomic mass is 10.1. The summed E-state index contributed by atoms with van der Waals surface area (Å²) in [6, 6.07) is 9.35. The van der Waals surface area contributed by atoms with Gasteiger partial charge in [0.05, 0.1) is 22.1 Å². The number of hydrogen-bond donors (Lipinski definition) is 1. The molecule has 1 aliphatic heterocycles. The molecule has 0 bridgehead atoms. The molecular formula is C18H19N5O2S. The SMILES string of the molecule is Cn1ncc(N2CC[C@@H](CNC(=O)c3nc4ccccc4s3)C2)cc1=O. The molecule has 26 heavy (non-hydrogen) atoms. The minimum absolute atomic E-state index is 0.116. The van der Waals surface area contributed by atoms with Gasteiger partial charge in [-0.2, -0.15) is 5.10 Å². The van der Waals surface area contributed by atoms with Gasteiger partial charge in [0.1, 0.15) is 0 Å². The van der Waals surface area contributed by atoms with E-state index in [1.165, 1.54) is 16.0 Å². The lowest BCUT2D eigenvalue weighted by Gasteiger charge is -2.18. The summed E-state index contributed by atoms with van der Waals surface area (Å²) in [5.74, 6) is 0.220. The van der Waals surface area contributed by atoms with Crippen LogP contribution in [0.25, 0.3) is 10.2 Å². The molecule has 0 aliphatic carbocycles. The van der Waals surface area contributed by atoms with E-state index in [9.17, 15) is 9.59 Å². The van der Waals surface area contributed by atoms with Crippen LogP contribution in [0.4, 0.5) is 5.69 Å². The summed E-state index contributed by atoms with van der Waals surface area (Å²) in [5, 5.41) is 7.56. The molecule has 1 aliphatic rings. The third-order valence-corrected chi connectivity index (χ3v) is 5.68. The van der Waals surface area contributed by atoms with Gasteiger partial charge in [-0.05, 0) is 24.5 Å². The van der Waals surface area contributed by atoms with E-state index in [2.05, 4.69) is 20.3 Å². The molecule has 0 spiro atoms. The second-order valence-corrected chi connectivity index (χ2v) is 7.50. The van der Waals surface area contributed by atoms with E-state index in [-0.39, 0.29) is 11.5 Å². The number of aromatic nitrogens is 3. The van der Waals surface area contributed by atoms with Crippen molar-refractivity contribution >= 4 is 33.1 Å². The number of amides is 1. The highest BCUT2D eigenvalue weighted by Crippen LogP contribution is 2.23. The summed E-state index contributed by atoms with van der Waals surface area (Å²) >= 11 is 1.41. The molecule has 1 N–H and O–H groups in total. The number of nitrogens with zero attached hydrogens (tertiary/aromatic N) is 4. The number of carbonyl (C=O) groups excluding carboxylic acids is 1. The maximum Gasteiger partial charge on any atom is 0.280 e. The largest absolute Gasteiger partial charge is 0.370 e. The smallest absolute Gasteiger partial charge is 0.280 e. The molecular weight excluding hydrogens is 350 g/mol. The molecule has 0 saturated carbocycles. The molecule has 2 aromatic heterocycles. The lowest BCUT2D eigenvalue weighted by molar-refractivity contribution is 0.0948. The lowest BCUT2D eigenvalue weighted by Crippen LogP contribution is -2.31. The zero-order chi connectivity index (χ0) is 18.1. The zero-order valence-corrected chi connectivity index (χ0v) is 15.2. The van der Waals surface area contributed by atoms with Gasteiger partial charge in [0, 0.05) is 32.7 Å². The summed E-state index contributed by atoms with van der Waals surface area (Å²) in [5.41, 5.74) is 1.58. The van der Waals surface area contributed by atoms with Gasteiger partial charge in [0.15, 0.2) is 5.01 Å². The normalized spacial score (nSPS) is 17.0. The first kappa shape index (κ1) is 16.7. The Balaban J connectivity index is 1.35. The average Bonchev–Trinajstić information content (AvgIpc) is 3.28. The van der Waals surface area contributed by atoms with Crippen LogP contribution >= 0.6 is 11.3 Å². The van der Waals surface area contributed by atoms with E-state index in [0.29, 0.717) is 17.5 Å². The highest BCUT2D eigenvalue weighted by molar-refractivity contribution is 7.20. The predicted molar refractivity (Wildman–Crippen MR) is 102 cm³/mol. The number of carbonyl (C=O) groups is 1. The third-order valence-electron chi connectivity index (χ3n) is 4.64. The molecule has 4 rings (SSSR count). The number of benzene rings is 1. The van der Waals surface area contributed by atoms with Gasteiger partial charge in [-0.25, -0.2) is 9.67 Å². The van der Waals surface area contributed by atoms with Crippen LogP contribution in [0.5, 0.6) is 0 Å². The molecule has 1 fully saturated rings. The van der Waals surface area contributed by atoms with Crippen LogP contribution in [0, 0.1) is 5.92 Å².